The molecule has 4 aromatic carbocycles. The molecule has 0 unspecified atom stereocenters. The molecule has 13 nitrogen and oxygen atoms in total. The molecule has 4 aromatic rings. The van der Waals surface area contributed by atoms with Crippen LogP contribution in [0.1, 0.15) is 94.0 Å². The van der Waals surface area contributed by atoms with E-state index in [0.717, 1.165) is 60.7 Å². The van der Waals surface area contributed by atoms with Crippen LogP contribution in [0, 0.1) is 0 Å². The molecule has 0 aromatic heterocycles. The topological polar surface area (TPSA) is 227 Å². The number of benzene rings is 4. The molecular formula is C32H18O13. The van der Waals surface area contributed by atoms with Gasteiger partial charge in [-0.25, -0.2) is 28.8 Å². The Morgan fingerprint density at radius 3 is 0.933 bits per heavy atom. The Hall–Kier alpha value is -6.76. The van der Waals surface area contributed by atoms with Crippen molar-refractivity contribution in [1.29, 1.82) is 0 Å². The van der Waals surface area contributed by atoms with Crippen molar-refractivity contribution in [2.24, 2.45) is 0 Å². The molecule has 0 saturated heterocycles. The van der Waals surface area contributed by atoms with Gasteiger partial charge >= 0.3 is 35.8 Å². The van der Waals surface area contributed by atoms with Crippen molar-refractivity contribution in [2.45, 2.75) is 0 Å². The number of hydrogen-bond acceptors (Lipinski definition) is 9. The maximum atomic E-state index is 13.4. The number of carboxylic acid groups (broad SMARTS) is 4. The van der Waals surface area contributed by atoms with Crippen LogP contribution in [0.15, 0.2) is 84.9 Å². The predicted octanol–water partition coefficient (Wildman–Crippen LogP) is 3.94. The maximum absolute atomic E-state index is 13.4. The van der Waals surface area contributed by atoms with Crippen molar-refractivity contribution in [1.82, 2.24) is 0 Å². The number of esters is 2. The Kier molecular flexibility index (Phi) is 8.75. The quantitative estimate of drug-likeness (QED) is 0.113. The average Bonchev–Trinajstić information content (AvgIpc) is 3.02. The standard InChI is InChI=1S/C32H18O13/c33-25(15-7-1-3-9-17(15)27(35)36)19-11-5-13-21(29(39)40)23(19)31(43)45-32(44)24-20(12-6-14-22(24)30(41)42)26(34)16-8-2-4-10-18(16)28(37)38/h1-14H,(H,35,36)(H,37,38)(H,39,40)(H,41,42). The monoisotopic (exact) mass is 610 g/mol. The first-order valence-electron chi connectivity index (χ1n) is 12.6. The molecule has 0 atom stereocenters. The van der Waals surface area contributed by atoms with Gasteiger partial charge in [0.25, 0.3) is 0 Å². The number of ketones is 2. The van der Waals surface area contributed by atoms with E-state index >= 15 is 0 Å². The highest BCUT2D eigenvalue weighted by molar-refractivity contribution is 6.23. The van der Waals surface area contributed by atoms with E-state index in [0.29, 0.717) is 0 Å². The fourth-order valence-electron chi connectivity index (χ4n) is 4.49. The molecular weight excluding hydrogens is 592 g/mol. The van der Waals surface area contributed by atoms with Gasteiger partial charge in [-0.1, -0.05) is 60.7 Å². The van der Waals surface area contributed by atoms with E-state index in [4.69, 9.17) is 4.74 Å². The third-order valence-electron chi connectivity index (χ3n) is 6.48. The summed E-state index contributed by atoms with van der Waals surface area (Å²) in [6, 6.07) is 15.7. The molecule has 0 aliphatic heterocycles. The number of ether oxygens (including phenoxy) is 1. The zero-order valence-electron chi connectivity index (χ0n) is 22.5. The van der Waals surface area contributed by atoms with Crippen LogP contribution in [-0.4, -0.2) is 67.8 Å². The second kappa shape index (κ2) is 12.6. The van der Waals surface area contributed by atoms with E-state index in [9.17, 15) is 58.8 Å². The van der Waals surface area contributed by atoms with Crippen molar-refractivity contribution >= 4 is 47.4 Å². The van der Waals surface area contributed by atoms with Crippen LogP contribution >= 0.6 is 0 Å². The Morgan fingerprint density at radius 2 is 0.622 bits per heavy atom. The summed E-state index contributed by atoms with van der Waals surface area (Å²) in [5.41, 5.74) is -6.64. The van der Waals surface area contributed by atoms with Crippen LogP contribution in [-0.2, 0) is 4.74 Å². The van der Waals surface area contributed by atoms with Crippen molar-refractivity contribution in [2.75, 3.05) is 0 Å². The first-order chi connectivity index (χ1) is 21.3. The highest BCUT2D eigenvalue weighted by Gasteiger charge is 2.33. The fraction of sp³-hybridized carbons (Fsp3) is 0. The molecule has 0 saturated carbocycles. The second-order valence-electron chi connectivity index (χ2n) is 9.10. The molecule has 0 aliphatic carbocycles. The van der Waals surface area contributed by atoms with E-state index in [1.54, 1.807) is 0 Å². The van der Waals surface area contributed by atoms with E-state index in [1.807, 2.05) is 0 Å². The largest absolute Gasteiger partial charge is 0.478 e. The van der Waals surface area contributed by atoms with Gasteiger partial charge in [-0.2, -0.15) is 0 Å². The molecule has 13 heteroatoms. The van der Waals surface area contributed by atoms with Gasteiger partial charge in [0, 0.05) is 22.3 Å². The van der Waals surface area contributed by atoms with E-state index < -0.39 is 103 Å². The first-order valence-corrected chi connectivity index (χ1v) is 12.6. The lowest BCUT2D eigenvalue weighted by molar-refractivity contribution is 0.0383. The number of rotatable bonds is 10. The lowest BCUT2D eigenvalue weighted by atomic mass is 9.91. The van der Waals surface area contributed by atoms with E-state index in [1.165, 1.54) is 24.3 Å². The summed E-state index contributed by atoms with van der Waals surface area (Å²) in [7, 11) is 0. The molecule has 4 N–H and O–H groups in total. The molecule has 0 heterocycles. The SMILES string of the molecule is O=C(O)c1ccccc1C(=O)c1cccc(C(=O)O)c1C(=O)OC(=O)c1c(C(=O)O)cccc1C(=O)c1ccccc1C(=O)O. The Bertz CT molecular complexity index is 1830. The minimum atomic E-state index is -1.74. The van der Waals surface area contributed by atoms with Gasteiger partial charge in [-0.3, -0.25) is 9.59 Å². The van der Waals surface area contributed by atoms with Gasteiger partial charge in [0.2, 0.25) is 0 Å². The highest BCUT2D eigenvalue weighted by Crippen LogP contribution is 2.26. The summed E-state index contributed by atoms with van der Waals surface area (Å²) >= 11 is 0. The summed E-state index contributed by atoms with van der Waals surface area (Å²) < 4.78 is 4.87. The summed E-state index contributed by atoms with van der Waals surface area (Å²) in [5.74, 6) is -12.2. The van der Waals surface area contributed by atoms with Crippen LogP contribution < -0.4 is 0 Å². The normalized spacial score (nSPS) is 10.4. The third kappa shape index (κ3) is 6.08. The minimum absolute atomic E-state index is 0.422. The van der Waals surface area contributed by atoms with Crippen molar-refractivity contribution in [3.63, 3.8) is 0 Å². The molecule has 0 amide bonds. The maximum Gasteiger partial charge on any atom is 0.347 e. The molecule has 0 aliphatic rings. The molecule has 45 heavy (non-hydrogen) atoms. The van der Waals surface area contributed by atoms with Crippen LogP contribution in [0.5, 0.6) is 0 Å². The number of carboxylic acids is 4. The molecule has 0 bridgehead atoms. The number of aromatic carboxylic acids is 4. The van der Waals surface area contributed by atoms with Crippen molar-refractivity contribution in [3.8, 4) is 0 Å². The smallest absolute Gasteiger partial charge is 0.347 e. The van der Waals surface area contributed by atoms with Crippen LogP contribution in [0.4, 0.5) is 0 Å². The van der Waals surface area contributed by atoms with Gasteiger partial charge in [-0.15, -0.1) is 0 Å². The zero-order valence-corrected chi connectivity index (χ0v) is 22.5. The second-order valence-corrected chi connectivity index (χ2v) is 9.10. The molecule has 0 fully saturated rings. The fourth-order valence-corrected chi connectivity index (χ4v) is 4.49. The number of hydrogen-bond donors (Lipinski definition) is 4. The van der Waals surface area contributed by atoms with Gasteiger partial charge in [-0.05, 0) is 24.3 Å². The molecule has 0 radical (unpaired) electrons. The first kappa shape index (κ1) is 31.2. The van der Waals surface area contributed by atoms with E-state index in [2.05, 4.69) is 0 Å². The van der Waals surface area contributed by atoms with Gasteiger partial charge in [0.15, 0.2) is 11.6 Å². The summed E-state index contributed by atoms with van der Waals surface area (Å²) in [6.07, 6.45) is 0. The average molecular weight is 610 g/mol. The van der Waals surface area contributed by atoms with Crippen molar-refractivity contribution < 1.29 is 63.5 Å². The predicted molar refractivity (Wildman–Crippen MR) is 150 cm³/mol. The summed E-state index contributed by atoms with van der Waals surface area (Å²) in [5, 5.41) is 38.5. The van der Waals surface area contributed by atoms with Crippen molar-refractivity contribution in [3.05, 3.63) is 141 Å². The summed E-state index contributed by atoms with van der Waals surface area (Å²) in [6.45, 7) is 0. The Morgan fingerprint density at radius 1 is 0.356 bits per heavy atom. The van der Waals surface area contributed by atoms with Gasteiger partial charge < -0.3 is 25.2 Å². The minimum Gasteiger partial charge on any atom is -0.478 e. The van der Waals surface area contributed by atoms with Gasteiger partial charge in [0.1, 0.15) is 0 Å². The van der Waals surface area contributed by atoms with Crippen LogP contribution in [0.3, 0.4) is 0 Å². The highest BCUT2D eigenvalue weighted by atomic mass is 16.6. The molecule has 0 spiro atoms. The Balaban J connectivity index is 1.85. The van der Waals surface area contributed by atoms with E-state index in [-0.39, 0.29) is 0 Å². The number of carbonyl (C=O) groups excluding carboxylic acids is 4. The lowest BCUT2D eigenvalue weighted by Gasteiger charge is -2.14. The summed E-state index contributed by atoms with van der Waals surface area (Å²) in [4.78, 5) is 101. The molecule has 4 rings (SSSR count). The lowest BCUT2D eigenvalue weighted by Crippen LogP contribution is -2.24. The van der Waals surface area contributed by atoms with Gasteiger partial charge in [0.05, 0.1) is 33.4 Å². The Labute approximate surface area is 251 Å². The molecule has 224 valence electrons. The van der Waals surface area contributed by atoms with Crippen LogP contribution in [0.25, 0.3) is 0 Å². The zero-order chi connectivity index (χ0) is 33.0. The number of carbonyl (C=O) groups is 8. The van der Waals surface area contributed by atoms with Crippen LogP contribution in [0.2, 0.25) is 0 Å². The third-order valence-corrected chi connectivity index (χ3v) is 6.48.